The number of halogens is 1. The van der Waals surface area contributed by atoms with Crippen molar-refractivity contribution in [3.63, 3.8) is 0 Å². The molecule has 25 heavy (non-hydrogen) atoms. The van der Waals surface area contributed by atoms with Gasteiger partial charge in [0.2, 0.25) is 5.91 Å². The maximum Gasteiger partial charge on any atom is 0.313 e. The Labute approximate surface area is 146 Å². The van der Waals surface area contributed by atoms with Crippen LogP contribution in [0.5, 0.6) is 0 Å². The van der Waals surface area contributed by atoms with Crippen LogP contribution < -0.4 is 16.4 Å². The lowest BCUT2D eigenvalue weighted by Gasteiger charge is -2.34. The largest absolute Gasteiger partial charge is 0.392 e. The van der Waals surface area contributed by atoms with Crippen LogP contribution in [0.4, 0.5) is 9.18 Å². The summed E-state index contributed by atoms with van der Waals surface area (Å²) in [5, 5.41) is 15.9. The van der Waals surface area contributed by atoms with Gasteiger partial charge < -0.3 is 21.5 Å². The lowest BCUT2D eigenvalue weighted by molar-refractivity contribution is -0.124. The van der Waals surface area contributed by atoms with Gasteiger partial charge in [0.1, 0.15) is 11.4 Å². The summed E-state index contributed by atoms with van der Waals surface area (Å²) in [5.74, 6) is -0.560. The summed E-state index contributed by atoms with van der Waals surface area (Å²) in [6.07, 6.45) is 3.50. The molecule has 0 spiro atoms. The fourth-order valence-corrected chi connectivity index (χ4v) is 3.80. The highest BCUT2D eigenvalue weighted by molar-refractivity contribution is 5.93. The number of primary amides is 1. The molecule has 0 heterocycles. The van der Waals surface area contributed by atoms with Gasteiger partial charge in [-0.1, -0.05) is 18.6 Å². The molecule has 2 aliphatic carbocycles. The van der Waals surface area contributed by atoms with Crippen molar-refractivity contribution in [1.29, 1.82) is 0 Å². The first kappa shape index (κ1) is 17.7. The van der Waals surface area contributed by atoms with Crippen molar-refractivity contribution in [1.82, 2.24) is 10.6 Å². The van der Waals surface area contributed by atoms with Crippen molar-refractivity contribution in [3.8, 4) is 0 Å². The molecular weight excluding hydrogens is 325 g/mol. The van der Waals surface area contributed by atoms with Crippen LogP contribution in [-0.4, -0.2) is 35.2 Å². The predicted molar refractivity (Wildman–Crippen MR) is 90.1 cm³/mol. The molecule has 0 bridgehead atoms. The van der Waals surface area contributed by atoms with Crippen molar-refractivity contribution in [2.75, 3.05) is 6.54 Å². The Morgan fingerprint density at radius 2 is 1.92 bits per heavy atom. The number of nitrogens with two attached hydrogens (primary N) is 1. The Hall–Kier alpha value is -2.15. The number of benzene rings is 1. The van der Waals surface area contributed by atoms with Crippen molar-refractivity contribution >= 4 is 11.9 Å². The maximum absolute atomic E-state index is 13.1. The molecule has 0 radical (unpaired) electrons. The highest BCUT2D eigenvalue weighted by Gasteiger charge is 2.52. The van der Waals surface area contributed by atoms with Gasteiger partial charge in [0.15, 0.2) is 0 Å². The first-order valence-electron chi connectivity index (χ1n) is 8.64. The summed E-state index contributed by atoms with van der Waals surface area (Å²) in [4.78, 5) is 23.5. The number of aliphatic hydroxyl groups excluding tert-OH is 1. The Balaban J connectivity index is 1.68. The van der Waals surface area contributed by atoms with Crippen LogP contribution in [0.2, 0.25) is 0 Å². The van der Waals surface area contributed by atoms with Crippen molar-refractivity contribution in [2.45, 2.75) is 50.2 Å². The van der Waals surface area contributed by atoms with E-state index >= 15 is 0 Å². The summed E-state index contributed by atoms with van der Waals surface area (Å²) in [5.41, 5.74) is 4.69. The van der Waals surface area contributed by atoms with E-state index in [-0.39, 0.29) is 11.7 Å². The molecule has 0 aliphatic heterocycles. The molecule has 3 amide bonds. The summed E-state index contributed by atoms with van der Waals surface area (Å²) in [6.45, 7) is 0.312. The molecule has 1 aromatic rings. The number of carbonyl (C=O) groups is 2. The third kappa shape index (κ3) is 3.76. The maximum atomic E-state index is 13.1. The lowest BCUT2D eigenvalue weighted by Crippen LogP contribution is -2.53. The van der Waals surface area contributed by atoms with Gasteiger partial charge in [-0.3, -0.25) is 4.79 Å². The quantitative estimate of drug-likeness (QED) is 0.620. The number of nitrogens with one attached hydrogen (secondary N) is 2. The van der Waals surface area contributed by atoms with E-state index < -0.39 is 23.1 Å². The standard InChI is InChI=1S/C18H24FN3O3/c19-13-5-3-12(4-6-13)10-17(7-1-2-14(17)23)11-21-15(24)18(8-9-18)22-16(20)25/h3-6,14,23H,1-2,7-11H2,(H,21,24)(H3,20,22,25)/t14-,17-/m1/s1. The van der Waals surface area contributed by atoms with Crippen LogP contribution in [0, 0.1) is 11.2 Å². The van der Waals surface area contributed by atoms with Gasteiger partial charge in [0.25, 0.3) is 0 Å². The fourth-order valence-electron chi connectivity index (χ4n) is 3.80. The first-order chi connectivity index (χ1) is 11.9. The van der Waals surface area contributed by atoms with E-state index in [2.05, 4.69) is 10.6 Å². The second kappa shape index (κ2) is 6.63. The van der Waals surface area contributed by atoms with Gasteiger partial charge in [-0.15, -0.1) is 0 Å². The Kier molecular flexibility index (Phi) is 4.69. The second-order valence-corrected chi connectivity index (χ2v) is 7.33. The van der Waals surface area contributed by atoms with Gasteiger partial charge in [-0.25, -0.2) is 9.18 Å². The Morgan fingerprint density at radius 3 is 2.44 bits per heavy atom. The van der Waals surface area contributed by atoms with E-state index in [9.17, 15) is 19.1 Å². The Morgan fingerprint density at radius 1 is 1.24 bits per heavy atom. The molecule has 2 aliphatic rings. The van der Waals surface area contributed by atoms with Crippen molar-refractivity contribution in [2.24, 2.45) is 11.1 Å². The zero-order valence-electron chi connectivity index (χ0n) is 14.1. The van der Waals surface area contributed by atoms with Gasteiger partial charge >= 0.3 is 6.03 Å². The van der Waals surface area contributed by atoms with Gasteiger partial charge in [0.05, 0.1) is 6.10 Å². The molecule has 2 fully saturated rings. The zero-order valence-corrected chi connectivity index (χ0v) is 14.1. The van der Waals surface area contributed by atoms with Crippen molar-refractivity contribution in [3.05, 3.63) is 35.6 Å². The van der Waals surface area contributed by atoms with Crippen LogP contribution in [0.15, 0.2) is 24.3 Å². The van der Waals surface area contributed by atoms with Crippen LogP contribution in [0.1, 0.15) is 37.7 Å². The van der Waals surface area contributed by atoms with E-state index in [1.807, 2.05) is 0 Å². The molecule has 2 saturated carbocycles. The number of hydrogen-bond acceptors (Lipinski definition) is 3. The van der Waals surface area contributed by atoms with Gasteiger partial charge in [-0.05, 0) is 49.8 Å². The van der Waals surface area contributed by atoms with E-state index in [0.29, 0.717) is 32.2 Å². The van der Waals surface area contributed by atoms with E-state index in [1.54, 1.807) is 12.1 Å². The van der Waals surface area contributed by atoms with Crippen LogP contribution in [-0.2, 0) is 11.2 Å². The fraction of sp³-hybridized carbons (Fsp3) is 0.556. The van der Waals surface area contributed by atoms with Crippen LogP contribution >= 0.6 is 0 Å². The van der Waals surface area contributed by atoms with E-state index in [0.717, 1.165) is 18.4 Å². The molecule has 0 aromatic heterocycles. The lowest BCUT2D eigenvalue weighted by atomic mass is 9.78. The average molecular weight is 349 g/mol. The Bertz CT molecular complexity index is 660. The molecule has 0 saturated heterocycles. The molecule has 5 N–H and O–H groups in total. The molecule has 7 heteroatoms. The number of rotatable bonds is 6. The molecule has 3 rings (SSSR count). The summed E-state index contributed by atoms with van der Waals surface area (Å²) in [6, 6.07) is 5.51. The first-order valence-corrected chi connectivity index (χ1v) is 8.64. The topological polar surface area (TPSA) is 104 Å². The minimum atomic E-state index is -0.896. The van der Waals surface area contributed by atoms with E-state index in [4.69, 9.17) is 5.73 Å². The molecule has 6 nitrogen and oxygen atoms in total. The molecule has 136 valence electrons. The van der Waals surface area contributed by atoms with Crippen LogP contribution in [0.25, 0.3) is 0 Å². The van der Waals surface area contributed by atoms with Crippen molar-refractivity contribution < 1.29 is 19.1 Å². The van der Waals surface area contributed by atoms with E-state index in [1.165, 1.54) is 12.1 Å². The minimum Gasteiger partial charge on any atom is -0.392 e. The highest BCUT2D eigenvalue weighted by atomic mass is 19.1. The summed E-state index contributed by atoms with van der Waals surface area (Å²) in [7, 11) is 0. The number of urea groups is 1. The highest BCUT2D eigenvalue weighted by Crippen LogP contribution is 2.42. The van der Waals surface area contributed by atoms with Crippen LogP contribution in [0.3, 0.4) is 0 Å². The monoisotopic (exact) mass is 349 g/mol. The third-order valence-electron chi connectivity index (χ3n) is 5.48. The summed E-state index contributed by atoms with van der Waals surface area (Å²) >= 11 is 0. The smallest absolute Gasteiger partial charge is 0.313 e. The molecular formula is C18H24FN3O3. The normalized spacial score (nSPS) is 26.9. The van der Waals surface area contributed by atoms with Gasteiger partial charge in [0, 0.05) is 12.0 Å². The number of amides is 3. The average Bonchev–Trinajstić information content (AvgIpc) is 3.25. The molecule has 0 unspecified atom stereocenters. The molecule has 2 atom stereocenters. The molecule has 1 aromatic carbocycles. The SMILES string of the molecule is NC(=O)NC1(C(=O)NC[C@]2(Cc3ccc(F)cc3)CCC[C@H]2O)CC1. The zero-order chi connectivity index (χ0) is 18.1. The number of aliphatic hydroxyl groups is 1. The number of hydrogen-bond donors (Lipinski definition) is 4. The third-order valence-corrected chi connectivity index (χ3v) is 5.48. The van der Waals surface area contributed by atoms with Gasteiger partial charge in [-0.2, -0.15) is 0 Å². The minimum absolute atomic E-state index is 0.260. The summed E-state index contributed by atoms with van der Waals surface area (Å²) < 4.78 is 13.1. The number of carbonyl (C=O) groups excluding carboxylic acids is 2. The second-order valence-electron chi connectivity index (χ2n) is 7.33. The predicted octanol–water partition coefficient (Wildman–Crippen LogP) is 1.22.